The molecule has 0 atom stereocenters. The molecule has 2 amide bonds. The summed E-state index contributed by atoms with van der Waals surface area (Å²) in [5.41, 5.74) is 2.82. The molecule has 7 heteroatoms. The molecular weight excluding hydrogens is 274 g/mol. The number of amides is 2. The summed E-state index contributed by atoms with van der Waals surface area (Å²) in [4.78, 5) is 24.8. The molecule has 1 fully saturated rings. The first kappa shape index (κ1) is 14.8. The molecule has 2 N–H and O–H groups in total. The Hall–Kier alpha value is -2.57. The Bertz CT molecular complexity index is 565. The quantitative estimate of drug-likeness (QED) is 0.481. The first-order valence-corrected chi connectivity index (χ1v) is 6.61. The lowest BCUT2D eigenvalue weighted by Crippen LogP contribution is -2.39. The van der Waals surface area contributed by atoms with Gasteiger partial charge in [-0.05, 0) is 36.6 Å². The molecule has 0 aliphatic carbocycles. The number of aromatic hydroxyl groups is 1. The number of methoxy groups -OCH3 is 1. The van der Waals surface area contributed by atoms with E-state index in [1.807, 2.05) is 0 Å². The standard InChI is InChI=1S/C14H17N3O4/c1-21-12-8-10(4-5-11(12)18)9-15-16-13(19)14(20)17-6-2-3-7-17/h4-5,8-9,18H,2-3,6-7H2,1H3,(H,16,19)/b15-9+. The number of rotatable bonds is 3. The van der Waals surface area contributed by atoms with Gasteiger partial charge in [0.1, 0.15) is 0 Å². The van der Waals surface area contributed by atoms with Gasteiger partial charge in [-0.2, -0.15) is 5.10 Å². The second-order valence-electron chi connectivity index (χ2n) is 4.63. The van der Waals surface area contributed by atoms with E-state index in [0.29, 0.717) is 24.4 Å². The van der Waals surface area contributed by atoms with Crippen molar-refractivity contribution in [3.63, 3.8) is 0 Å². The second kappa shape index (κ2) is 6.74. The van der Waals surface area contributed by atoms with Crippen LogP contribution in [0, 0.1) is 0 Å². The van der Waals surface area contributed by atoms with Gasteiger partial charge in [0.05, 0.1) is 13.3 Å². The summed E-state index contributed by atoms with van der Waals surface area (Å²) in [7, 11) is 1.44. The van der Waals surface area contributed by atoms with Gasteiger partial charge in [-0.1, -0.05) is 0 Å². The van der Waals surface area contributed by atoms with Gasteiger partial charge in [-0.25, -0.2) is 5.43 Å². The van der Waals surface area contributed by atoms with E-state index in [1.165, 1.54) is 24.3 Å². The van der Waals surface area contributed by atoms with E-state index in [-0.39, 0.29) is 5.75 Å². The number of ether oxygens (including phenoxy) is 1. The van der Waals surface area contributed by atoms with Gasteiger partial charge in [0.2, 0.25) is 0 Å². The third kappa shape index (κ3) is 3.71. The van der Waals surface area contributed by atoms with E-state index in [2.05, 4.69) is 10.5 Å². The highest BCUT2D eigenvalue weighted by Gasteiger charge is 2.23. The molecule has 2 rings (SSSR count). The normalized spacial score (nSPS) is 14.4. The summed E-state index contributed by atoms with van der Waals surface area (Å²) in [6.45, 7) is 1.23. The molecule has 1 aromatic rings. The smallest absolute Gasteiger partial charge is 0.329 e. The lowest BCUT2D eigenvalue weighted by molar-refractivity contribution is -0.145. The molecule has 1 aromatic carbocycles. The minimum Gasteiger partial charge on any atom is -0.504 e. The van der Waals surface area contributed by atoms with Crippen molar-refractivity contribution in [3.05, 3.63) is 23.8 Å². The summed E-state index contributed by atoms with van der Waals surface area (Å²) in [6.07, 6.45) is 3.22. The topological polar surface area (TPSA) is 91.2 Å². The van der Waals surface area contributed by atoms with E-state index >= 15 is 0 Å². The minimum absolute atomic E-state index is 0.0166. The number of carbonyl (C=O) groups excluding carboxylic acids is 2. The number of carbonyl (C=O) groups is 2. The fourth-order valence-corrected chi connectivity index (χ4v) is 2.05. The largest absolute Gasteiger partial charge is 0.504 e. The van der Waals surface area contributed by atoms with Crippen molar-refractivity contribution in [3.8, 4) is 11.5 Å². The van der Waals surface area contributed by atoms with Crippen molar-refractivity contribution in [1.82, 2.24) is 10.3 Å². The minimum atomic E-state index is -0.751. The molecule has 112 valence electrons. The first-order chi connectivity index (χ1) is 10.1. The van der Waals surface area contributed by atoms with Crippen LogP contribution in [-0.2, 0) is 9.59 Å². The lowest BCUT2D eigenvalue weighted by Gasteiger charge is -2.12. The van der Waals surface area contributed by atoms with Crippen molar-refractivity contribution in [2.75, 3.05) is 20.2 Å². The maximum atomic E-state index is 11.7. The predicted octanol–water partition coefficient (Wildman–Crippen LogP) is 0.473. The summed E-state index contributed by atoms with van der Waals surface area (Å²) in [5, 5.41) is 13.2. The third-order valence-electron chi connectivity index (χ3n) is 3.17. The van der Waals surface area contributed by atoms with Gasteiger partial charge in [0.15, 0.2) is 11.5 Å². The van der Waals surface area contributed by atoms with Gasteiger partial charge < -0.3 is 14.7 Å². The fourth-order valence-electron chi connectivity index (χ4n) is 2.05. The van der Waals surface area contributed by atoms with Crippen LogP contribution in [0.3, 0.4) is 0 Å². The predicted molar refractivity (Wildman–Crippen MR) is 76.2 cm³/mol. The van der Waals surface area contributed by atoms with Crippen molar-refractivity contribution < 1.29 is 19.4 Å². The molecule has 7 nitrogen and oxygen atoms in total. The van der Waals surface area contributed by atoms with Crippen LogP contribution in [0.25, 0.3) is 0 Å². The number of hydrazone groups is 1. The van der Waals surface area contributed by atoms with Gasteiger partial charge in [0, 0.05) is 13.1 Å². The third-order valence-corrected chi connectivity index (χ3v) is 3.17. The Balaban J connectivity index is 1.92. The zero-order valence-corrected chi connectivity index (χ0v) is 11.7. The Kier molecular flexibility index (Phi) is 4.76. The Morgan fingerprint density at radius 1 is 1.38 bits per heavy atom. The SMILES string of the molecule is COc1cc(/C=N/NC(=O)C(=O)N2CCCC2)ccc1O. The van der Waals surface area contributed by atoms with Gasteiger partial charge >= 0.3 is 11.8 Å². The molecule has 0 bridgehead atoms. The molecule has 1 aliphatic heterocycles. The van der Waals surface area contributed by atoms with E-state index in [0.717, 1.165) is 12.8 Å². The molecule has 0 aromatic heterocycles. The zero-order valence-electron chi connectivity index (χ0n) is 11.7. The maximum Gasteiger partial charge on any atom is 0.329 e. The summed E-state index contributed by atoms with van der Waals surface area (Å²) >= 11 is 0. The highest BCUT2D eigenvalue weighted by molar-refractivity contribution is 6.35. The van der Waals surface area contributed by atoms with Crippen LogP contribution >= 0.6 is 0 Å². The van der Waals surface area contributed by atoms with E-state index < -0.39 is 11.8 Å². The zero-order chi connectivity index (χ0) is 15.2. The Morgan fingerprint density at radius 3 is 2.76 bits per heavy atom. The number of phenols is 1. The van der Waals surface area contributed by atoms with Crippen molar-refractivity contribution >= 4 is 18.0 Å². The molecule has 0 unspecified atom stereocenters. The van der Waals surface area contributed by atoms with Crippen molar-refractivity contribution in [2.45, 2.75) is 12.8 Å². The molecule has 1 heterocycles. The second-order valence-corrected chi connectivity index (χ2v) is 4.63. The van der Waals surface area contributed by atoms with Gasteiger partial charge in [0.25, 0.3) is 0 Å². The molecule has 21 heavy (non-hydrogen) atoms. The van der Waals surface area contributed by atoms with Crippen LogP contribution in [0.4, 0.5) is 0 Å². The van der Waals surface area contributed by atoms with Crippen LogP contribution in [-0.4, -0.2) is 48.2 Å². The maximum absolute atomic E-state index is 11.7. The Morgan fingerprint density at radius 2 is 2.10 bits per heavy atom. The average Bonchev–Trinajstić information content (AvgIpc) is 3.02. The van der Waals surface area contributed by atoms with Crippen LogP contribution in [0.15, 0.2) is 23.3 Å². The number of likely N-dealkylation sites (tertiary alicyclic amines) is 1. The van der Waals surface area contributed by atoms with Crippen molar-refractivity contribution in [1.29, 1.82) is 0 Å². The average molecular weight is 291 g/mol. The summed E-state index contributed by atoms with van der Waals surface area (Å²) in [6, 6.07) is 4.63. The van der Waals surface area contributed by atoms with Gasteiger partial charge in [-0.3, -0.25) is 9.59 Å². The van der Waals surface area contributed by atoms with Crippen molar-refractivity contribution in [2.24, 2.45) is 5.10 Å². The summed E-state index contributed by atoms with van der Waals surface area (Å²) < 4.78 is 4.96. The highest BCUT2D eigenvalue weighted by Crippen LogP contribution is 2.25. The van der Waals surface area contributed by atoms with E-state index in [4.69, 9.17) is 4.74 Å². The van der Waals surface area contributed by atoms with Crippen LogP contribution < -0.4 is 10.2 Å². The molecule has 1 saturated heterocycles. The monoisotopic (exact) mass is 291 g/mol. The number of benzene rings is 1. The highest BCUT2D eigenvalue weighted by atomic mass is 16.5. The van der Waals surface area contributed by atoms with Crippen LogP contribution in [0.2, 0.25) is 0 Å². The molecule has 1 aliphatic rings. The molecule has 0 saturated carbocycles. The molecular formula is C14H17N3O4. The number of nitrogens with one attached hydrogen (secondary N) is 1. The fraction of sp³-hybridized carbons (Fsp3) is 0.357. The van der Waals surface area contributed by atoms with E-state index in [1.54, 1.807) is 12.1 Å². The van der Waals surface area contributed by atoms with Gasteiger partial charge in [-0.15, -0.1) is 0 Å². The molecule has 0 spiro atoms. The summed E-state index contributed by atoms with van der Waals surface area (Å²) in [5.74, 6) is -0.992. The van der Waals surface area contributed by atoms with Crippen LogP contribution in [0.1, 0.15) is 18.4 Å². The number of hydrogen-bond donors (Lipinski definition) is 2. The lowest BCUT2D eigenvalue weighted by atomic mass is 10.2. The number of phenolic OH excluding ortho intramolecular Hbond substituents is 1. The Labute approximate surface area is 122 Å². The number of nitrogens with zero attached hydrogens (tertiary/aromatic N) is 2. The van der Waals surface area contributed by atoms with Crippen LogP contribution in [0.5, 0.6) is 11.5 Å². The molecule has 0 radical (unpaired) electrons. The first-order valence-electron chi connectivity index (χ1n) is 6.61. The van der Waals surface area contributed by atoms with E-state index in [9.17, 15) is 14.7 Å². The number of hydrogen-bond acceptors (Lipinski definition) is 5.